The Bertz CT molecular complexity index is 944. The van der Waals surface area contributed by atoms with Gasteiger partial charge >= 0.3 is 0 Å². The summed E-state index contributed by atoms with van der Waals surface area (Å²) in [7, 11) is -1.84. The van der Waals surface area contributed by atoms with Crippen molar-refractivity contribution >= 4 is 21.2 Å². The summed E-state index contributed by atoms with van der Waals surface area (Å²) < 4.78 is 34.8. The van der Waals surface area contributed by atoms with Crippen LogP contribution in [0.5, 0.6) is 11.5 Å². The number of para-hydroxylation sites is 2. The van der Waals surface area contributed by atoms with Crippen molar-refractivity contribution in [3.05, 3.63) is 52.6 Å². The molecule has 0 fully saturated rings. The number of nitro benzene ring substituents is 1. The Morgan fingerprint density at radius 3 is 2.58 bits per heavy atom. The van der Waals surface area contributed by atoms with Gasteiger partial charge in [0.25, 0.3) is 5.69 Å². The summed E-state index contributed by atoms with van der Waals surface area (Å²) in [5.41, 5.74) is 0.0393. The number of anilines is 1. The maximum absolute atomic E-state index is 11.6. The van der Waals surface area contributed by atoms with Crippen LogP contribution in [-0.2, 0) is 9.84 Å². The second-order valence-electron chi connectivity index (χ2n) is 6.06. The smallest absolute Gasteiger partial charge is 0.293 e. The number of ether oxygens (including phenoxy) is 2. The van der Waals surface area contributed by atoms with E-state index in [1.165, 1.54) is 12.1 Å². The summed E-state index contributed by atoms with van der Waals surface area (Å²) in [6, 6.07) is 11.2. The molecule has 1 atom stereocenters. The lowest BCUT2D eigenvalue weighted by Gasteiger charge is -2.30. The summed E-state index contributed by atoms with van der Waals surface area (Å²) in [4.78, 5) is 12.4. The number of nitro groups is 1. The summed E-state index contributed by atoms with van der Waals surface area (Å²) in [6.07, 6.45) is 0.698. The molecular formula is C17H18N2O6S. The van der Waals surface area contributed by atoms with Gasteiger partial charge < -0.3 is 14.4 Å². The summed E-state index contributed by atoms with van der Waals surface area (Å²) in [5, 5.41) is 11.4. The van der Waals surface area contributed by atoms with E-state index in [1.54, 1.807) is 18.0 Å². The van der Waals surface area contributed by atoms with Crippen LogP contribution in [0.2, 0.25) is 0 Å². The lowest BCUT2D eigenvalue weighted by atomic mass is 10.2. The number of rotatable bonds is 5. The minimum Gasteiger partial charge on any atom is -0.486 e. The fourth-order valence-electron chi connectivity index (χ4n) is 2.76. The van der Waals surface area contributed by atoms with Gasteiger partial charge in [-0.15, -0.1) is 0 Å². The van der Waals surface area contributed by atoms with Crippen molar-refractivity contribution in [3.63, 3.8) is 0 Å². The standard InChI is InChI=1S/C17H18N2O6S/c1-18(10-12-11-24-16-5-3-4-6-17(16)25-12)14-8-7-13(26(2,22)23)9-15(14)19(20)21/h3-9,12H,10-11H2,1-2H3/t12-/m1/s1. The molecule has 1 aliphatic rings. The van der Waals surface area contributed by atoms with Crippen molar-refractivity contribution in [2.45, 2.75) is 11.0 Å². The van der Waals surface area contributed by atoms with E-state index in [0.717, 1.165) is 12.3 Å². The molecule has 2 aromatic carbocycles. The minimum atomic E-state index is -3.53. The highest BCUT2D eigenvalue weighted by Gasteiger charge is 2.26. The lowest BCUT2D eigenvalue weighted by Crippen LogP contribution is -2.39. The molecule has 0 amide bonds. The molecule has 1 heterocycles. The molecule has 0 N–H and O–H groups in total. The molecule has 0 aliphatic carbocycles. The zero-order valence-corrected chi connectivity index (χ0v) is 15.1. The molecule has 8 nitrogen and oxygen atoms in total. The van der Waals surface area contributed by atoms with Crippen molar-refractivity contribution in [1.82, 2.24) is 0 Å². The van der Waals surface area contributed by atoms with Crippen LogP contribution in [0.3, 0.4) is 0 Å². The molecule has 0 aromatic heterocycles. The van der Waals surface area contributed by atoms with Crippen molar-refractivity contribution in [2.75, 3.05) is 31.4 Å². The quantitative estimate of drug-likeness (QED) is 0.581. The van der Waals surface area contributed by atoms with Gasteiger partial charge in [-0.25, -0.2) is 8.42 Å². The Kier molecular flexibility index (Phi) is 4.73. The zero-order valence-electron chi connectivity index (χ0n) is 14.3. The van der Waals surface area contributed by atoms with Crippen LogP contribution in [0.15, 0.2) is 47.4 Å². The third-order valence-electron chi connectivity index (χ3n) is 4.03. The van der Waals surface area contributed by atoms with E-state index in [9.17, 15) is 18.5 Å². The Morgan fingerprint density at radius 2 is 1.92 bits per heavy atom. The number of fused-ring (bicyclic) bond motifs is 1. The molecule has 2 aromatic rings. The van der Waals surface area contributed by atoms with E-state index in [1.807, 2.05) is 18.2 Å². The van der Waals surface area contributed by atoms with Gasteiger partial charge in [0.2, 0.25) is 0 Å². The second kappa shape index (κ2) is 6.83. The Balaban J connectivity index is 1.82. The predicted octanol–water partition coefficient (Wildman–Crippen LogP) is 2.27. The number of sulfone groups is 1. The monoisotopic (exact) mass is 378 g/mol. The number of hydrogen-bond acceptors (Lipinski definition) is 7. The summed E-state index contributed by atoms with van der Waals surface area (Å²) >= 11 is 0. The number of hydrogen-bond donors (Lipinski definition) is 0. The molecule has 9 heteroatoms. The highest BCUT2D eigenvalue weighted by Crippen LogP contribution is 2.33. The number of benzene rings is 2. The Morgan fingerprint density at radius 1 is 1.23 bits per heavy atom. The molecule has 0 saturated carbocycles. The second-order valence-corrected chi connectivity index (χ2v) is 8.07. The van der Waals surface area contributed by atoms with Gasteiger partial charge in [0.15, 0.2) is 27.4 Å². The molecule has 3 rings (SSSR count). The topological polar surface area (TPSA) is 99.0 Å². The maximum Gasteiger partial charge on any atom is 0.293 e. The normalized spacial score (nSPS) is 16.2. The summed E-state index contributed by atoms with van der Waals surface area (Å²) in [6.45, 7) is 0.657. The van der Waals surface area contributed by atoms with Crippen LogP contribution >= 0.6 is 0 Å². The fourth-order valence-corrected chi connectivity index (χ4v) is 3.40. The van der Waals surface area contributed by atoms with E-state index in [4.69, 9.17) is 9.47 Å². The SMILES string of the molecule is CN(C[C@@H]1COc2ccccc2O1)c1ccc(S(C)(=O)=O)cc1[N+](=O)[O-]. The molecule has 26 heavy (non-hydrogen) atoms. The first kappa shape index (κ1) is 18.0. The fraction of sp³-hybridized carbons (Fsp3) is 0.294. The summed E-state index contributed by atoms with van der Waals surface area (Å²) in [5.74, 6) is 1.29. The van der Waals surface area contributed by atoms with Crippen molar-refractivity contribution in [2.24, 2.45) is 0 Å². The van der Waals surface area contributed by atoms with Crippen LogP contribution in [0.1, 0.15) is 0 Å². The third-order valence-corrected chi connectivity index (χ3v) is 5.14. The first-order valence-corrected chi connectivity index (χ1v) is 9.73. The Hall–Kier alpha value is -2.81. The first-order valence-electron chi connectivity index (χ1n) is 7.84. The lowest BCUT2D eigenvalue weighted by molar-refractivity contribution is -0.384. The van der Waals surface area contributed by atoms with Crippen molar-refractivity contribution in [1.29, 1.82) is 0 Å². The third kappa shape index (κ3) is 3.72. The van der Waals surface area contributed by atoms with Gasteiger partial charge in [-0.1, -0.05) is 12.1 Å². The average Bonchev–Trinajstić information content (AvgIpc) is 2.60. The van der Waals surface area contributed by atoms with Crippen LogP contribution in [0.4, 0.5) is 11.4 Å². The molecule has 0 radical (unpaired) electrons. The maximum atomic E-state index is 11.6. The molecular weight excluding hydrogens is 360 g/mol. The number of nitrogens with zero attached hydrogens (tertiary/aromatic N) is 2. The first-order chi connectivity index (χ1) is 12.3. The van der Waals surface area contributed by atoms with Crippen LogP contribution in [0.25, 0.3) is 0 Å². The average molecular weight is 378 g/mol. The highest BCUT2D eigenvalue weighted by atomic mass is 32.2. The number of likely N-dealkylation sites (N-methyl/N-ethyl adjacent to an activating group) is 1. The molecule has 138 valence electrons. The van der Waals surface area contributed by atoms with Crippen LogP contribution in [-0.4, -0.2) is 45.9 Å². The van der Waals surface area contributed by atoms with E-state index in [2.05, 4.69) is 0 Å². The van der Waals surface area contributed by atoms with E-state index in [0.29, 0.717) is 30.3 Å². The van der Waals surface area contributed by atoms with Gasteiger partial charge in [0, 0.05) is 19.4 Å². The van der Waals surface area contributed by atoms with Gasteiger partial charge in [-0.2, -0.15) is 0 Å². The van der Waals surface area contributed by atoms with E-state index < -0.39 is 14.8 Å². The van der Waals surface area contributed by atoms with E-state index in [-0.39, 0.29) is 16.7 Å². The molecule has 1 aliphatic heterocycles. The molecule has 0 unspecified atom stereocenters. The van der Waals surface area contributed by atoms with Gasteiger partial charge in [-0.05, 0) is 24.3 Å². The minimum absolute atomic E-state index is 0.0903. The van der Waals surface area contributed by atoms with Gasteiger partial charge in [-0.3, -0.25) is 10.1 Å². The van der Waals surface area contributed by atoms with Crippen LogP contribution in [0, 0.1) is 10.1 Å². The molecule has 0 bridgehead atoms. The van der Waals surface area contributed by atoms with Crippen molar-refractivity contribution in [3.8, 4) is 11.5 Å². The Labute approximate surface area is 151 Å². The van der Waals surface area contributed by atoms with Crippen molar-refractivity contribution < 1.29 is 22.8 Å². The predicted molar refractivity (Wildman–Crippen MR) is 95.8 cm³/mol. The van der Waals surface area contributed by atoms with Gasteiger partial charge in [0.1, 0.15) is 12.3 Å². The van der Waals surface area contributed by atoms with Crippen LogP contribution < -0.4 is 14.4 Å². The van der Waals surface area contributed by atoms with E-state index >= 15 is 0 Å². The zero-order chi connectivity index (χ0) is 18.9. The largest absolute Gasteiger partial charge is 0.486 e. The highest BCUT2D eigenvalue weighted by molar-refractivity contribution is 7.90. The molecule has 0 saturated heterocycles. The molecule has 0 spiro atoms. The van der Waals surface area contributed by atoms with Gasteiger partial charge in [0.05, 0.1) is 16.4 Å².